The number of para-hydroxylation sites is 2. The van der Waals surface area contributed by atoms with E-state index in [-0.39, 0.29) is 12.4 Å². The summed E-state index contributed by atoms with van der Waals surface area (Å²) < 4.78 is 5.48. The van der Waals surface area contributed by atoms with Gasteiger partial charge >= 0.3 is 0 Å². The molecular weight excluding hydrogens is 286 g/mol. The van der Waals surface area contributed by atoms with E-state index >= 15 is 0 Å². The molecule has 3 aliphatic heterocycles. The molecule has 116 valence electrons. The monoisotopic (exact) mass is 309 g/mol. The van der Waals surface area contributed by atoms with Crippen molar-refractivity contribution < 1.29 is 4.74 Å². The van der Waals surface area contributed by atoms with Crippen LogP contribution in [0.1, 0.15) is 0 Å². The Hall–Kier alpha value is -0.970. The van der Waals surface area contributed by atoms with Crippen LogP contribution in [0.3, 0.4) is 0 Å². The first kappa shape index (κ1) is 14.9. The number of hydrogen-bond donors (Lipinski definition) is 1. The molecule has 1 N–H and O–H groups in total. The Morgan fingerprint density at radius 1 is 0.905 bits per heavy atom. The molecule has 3 aliphatic rings. The average molecular weight is 310 g/mol. The third kappa shape index (κ3) is 2.85. The van der Waals surface area contributed by atoms with Gasteiger partial charge in [0.1, 0.15) is 0 Å². The standard InChI is InChI=1S/C16H23N3O.ClH/c1-2-4-16(15(3-1)18-5-7-20-8-6-18)19-11-13-9-17-10-14(13)12-19;/h1-4,13-14,17H,5-12H2;1H. The summed E-state index contributed by atoms with van der Waals surface area (Å²) in [4.78, 5) is 5.08. The van der Waals surface area contributed by atoms with E-state index in [2.05, 4.69) is 39.4 Å². The van der Waals surface area contributed by atoms with Gasteiger partial charge < -0.3 is 19.9 Å². The highest BCUT2D eigenvalue weighted by Gasteiger charge is 2.37. The Balaban J connectivity index is 0.00000132. The average Bonchev–Trinajstić information content (AvgIpc) is 3.09. The zero-order valence-electron chi connectivity index (χ0n) is 12.3. The maximum atomic E-state index is 5.48. The number of morpholine rings is 1. The van der Waals surface area contributed by atoms with E-state index < -0.39 is 0 Å². The fourth-order valence-corrected chi connectivity index (χ4v) is 3.86. The fourth-order valence-electron chi connectivity index (χ4n) is 3.86. The summed E-state index contributed by atoms with van der Waals surface area (Å²) in [6.07, 6.45) is 0. The van der Waals surface area contributed by atoms with Gasteiger partial charge in [-0.2, -0.15) is 0 Å². The van der Waals surface area contributed by atoms with E-state index in [1.165, 1.54) is 37.6 Å². The lowest BCUT2D eigenvalue weighted by molar-refractivity contribution is 0.122. The van der Waals surface area contributed by atoms with Gasteiger partial charge in [0.25, 0.3) is 0 Å². The molecular formula is C16H24ClN3O. The smallest absolute Gasteiger partial charge is 0.0642 e. The van der Waals surface area contributed by atoms with Gasteiger partial charge in [-0.1, -0.05) is 12.1 Å². The number of anilines is 2. The maximum Gasteiger partial charge on any atom is 0.0642 e. The Kier molecular flexibility index (Phi) is 4.57. The largest absolute Gasteiger partial charge is 0.378 e. The topological polar surface area (TPSA) is 27.7 Å². The lowest BCUT2D eigenvalue weighted by Gasteiger charge is -2.33. The molecule has 3 saturated heterocycles. The number of rotatable bonds is 2. The van der Waals surface area contributed by atoms with Gasteiger partial charge in [0.15, 0.2) is 0 Å². The lowest BCUT2D eigenvalue weighted by atomic mass is 10.0. The zero-order chi connectivity index (χ0) is 13.4. The molecule has 2 atom stereocenters. The number of ether oxygens (including phenoxy) is 1. The summed E-state index contributed by atoms with van der Waals surface area (Å²) >= 11 is 0. The van der Waals surface area contributed by atoms with Crippen LogP contribution in [0.15, 0.2) is 24.3 Å². The van der Waals surface area contributed by atoms with Crippen molar-refractivity contribution in [3.05, 3.63) is 24.3 Å². The van der Waals surface area contributed by atoms with Gasteiger partial charge in [-0.05, 0) is 24.0 Å². The van der Waals surface area contributed by atoms with E-state index in [4.69, 9.17) is 4.74 Å². The van der Waals surface area contributed by atoms with Gasteiger partial charge in [0.2, 0.25) is 0 Å². The number of nitrogens with zero attached hydrogens (tertiary/aromatic N) is 2. The number of hydrogen-bond acceptors (Lipinski definition) is 4. The van der Waals surface area contributed by atoms with Crippen LogP contribution in [0.4, 0.5) is 11.4 Å². The van der Waals surface area contributed by atoms with E-state index in [0.717, 1.165) is 38.1 Å². The predicted octanol–water partition coefficient (Wildman–Crippen LogP) is 1.60. The lowest BCUT2D eigenvalue weighted by Crippen LogP contribution is -2.37. The molecule has 0 radical (unpaired) electrons. The van der Waals surface area contributed by atoms with Gasteiger partial charge in [-0.3, -0.25) is 0 Å². The molecule has 4 nitrogen and oxygen atoms in total. The minimum Gasteiger partial charge on any atom is -0.378 e. The summed E-state index contributed by atoms with van der Waals surface area (Å²) in [5.41, 5.74) is 2.81. The third-order valence-electron chi connectivity index (χ3n) is 4.96. The molecule has 0 saturated carbocycles. The first-order valence-electron chi connectivity index (χ1n) is 7.79. The number of nitrogens with one attached hydrogen (secondary N) is 1. The molecule has 1 aromatic carbocycles. The van der Waals surface area contributed by atoms with Crippen molar-refractivity contribution in [3.8, 4) is 0 Å². The van der Waals surface area contributed by atoms with Gasteiger partial charge in [-0.25, -0.2) is 0 Å². The van der Waals surface area contributed by atoms with Crippen LogP contribution in [-0.4, -0.2) is 52.5 Å². The highest BCUT2D eigenvalue weighted by molar-refractivity contribution is 5.85. The van der Waals surface area contributed by atoms with Crippen molar-refractivity contribution in [1.82, 2.24) is 5.32 Å². The van der Waals surface area contributed by atoms with E-state index in [0.29, 0.717) is 0 Å². The van der Waals surface area contributed by atoms with Crippen LogP contribution < -0.4 is 15.1 Å². The molecule has 0 spiro atoms. The van der Waals surface area contributed by atoms with Crippen LogP contribution in [0.2, 0.25) is 0 Å². The number of halogens is 1. The highest BCUT2D eigenvalue weighted by Crippen LogP contribution is 2.36. The van der Waals surface area contributed by atoms with Crippen molar-refractivity contribution in [1.29, 1.82) is 0 Å². The summed E-state index contributed by atoms with van der Waals surface area (Å²) in [5.74, 6) is 1.68. The Labute approximate surface area is 132 Å². The van der Waals surface area contributed by atoms with Crippen molar-refractivity contribution >= 4 is 23.8 Å². The molecule has 5 heteroatoms. The van der Waals surface area contributed by atoms with Crippen molar-refractivity contribution in [2.24, 2.45) is 11.8 Å². The van der Waals surface area contributed by atoms with Crippen molar-refractivity contribution in [2.75, 3.05) is 62.3 Å². The molecule has 4 rings (SSSR count). The molecule has 1 aromatic rings. The zero-order valence-corrected chi connectivity index (χ0v) is 13.1. The molecule has 0 amide bonds. The SMILES string of the molecule is Cl.c1ccc(N2CC3CNCC3C2)c(N2CCOCC2)c1. The quantitative estimate of drug-likeness (QED) is 0.898. The molecule has 3 fully saturated rings. The normalized spacial score (nSPS) is 28.4. The molecule has 21 heavy (non-hydrogen) atoms. The minimum absolute atomic E-state index is 0. The molecule has 0 aromatic heterocycles. The van der Waals surface area contributed by atoms with Crippen molar-refractivity contribution in [2.45, 2.75) is 0 Å². The minimum atomic E-state index is 0. The maximum absolute atomic E-state index is 5.48. The first-order valence-corrected chi connectivity index (χ1v) is 7.79. The Bertz CT molecular complexity index is 466. The molecule has 0 aliphatic carbocycles. The second-order valence-corrected chi connectivity index (χ2v) is 6.17. The van der Waals surface area contributed by atoms with E-state index in [1.807, 2.05) is 0 Å². The Morgan fingerprint density at radius 3 is 2.10 bits per heavy atom. The van der Waals surface area contributed by atoms with Gasteiger partial charge in [0, 0.05) is 39.3 Å². The van der Waals surface area contributed by atoms with Gasteiger partial charge in [0.05, 0.1) is 24.6 Å². The Morgan fingerprint density at radius 2 is 1.48 bits per heavy atom. The highest BCUT2D eigenvalue weighted by atomic mass is 35.5. The molecule has 3 heterocycles. The van der Waals surface area contributed by atoms with E-state index in [9.17, 15) is 0 Å². The third-order valence-corrected chi connectivity index (χ3v) is 4.96. The van der Waals surface area contributed by atoms with E-state index in [1.54, 1.807) is 0 Å². The van der Waals surface area contributed by atoms with Crippen LogP contribution in [0, 0.1) is 11.8 Å². The predicted molar refractivity (Wildman–Crippen MR) is 88.8 cm³/mol. The second-order valence-electron chi connectivity index (χ2n) is 6.17. The second kappa shape index (κ2) is 6.42. The van der Waals surface area contributed by atoms with Crippen LogP contribution in [-0.2, 0) is 4.74 Å². The van der Waals surface area contributed by atoms with Crippen LogP contribution in [0.5, 0.6) is 0 Å². The molecule has 0 bridgehead atoms. The summed E-state index contributed by atoms with van der Waals surface area (Å²) in [6, 6.07) is 8.89. The van der Waals surface area contributed by atoms with Crippen molar-refractivity contribution in [3.63, 3.8) is 0 Å². The van der Waals surface area contributed by atoms with Crippen LogP contribution >= 0.6 is 12.4 Å². The summed E-state index contributed by atoms with van der Waals surface area (Å²) in [5, 5.41) is 3.52. The van der Waals surface area contributed by atoms with Crippen LogP contribution in [0.25, 0.3) is 0 Å². The number of benzene rings is 1. The first-order chi connectivity index (χ1) is 9.92. The fraction of sp³-hybridized carbons (Fsp3) is 0.625. The molecule has 2 unspecified atom stereocenters. The number of fused-ring (bicyclic) bond motifs is 1. The van der Waals surface area contributed by atoms with Gasteiger partial charge in [-0.15, -0.1) is 12.4 Å². The summed E-state index contributed by atoms with van der Waals surface area (Å²) in [7, 11) is 0. The summed E-state index contributed by atoms with van der Waals surface area (Å²) in [6.45, 7) is 8.53.